The van der Waals surface area contributed by atoms with E-state index in [1.807, 2.05) is 0 Å². The monoisotopic (exact) mass is 251 g/mol. The molecule has 0 aliphatic carbocycles. The molecule has 1 heterocycles. The standard InChI is InChI=1S/C12H14FN3O2/c13-10-3-1-9(2-4-10)11(17)7-14-6-5-12-15-8-16-18-12/h1-4,8,11,14,17H,5-7H2. The lowest BCUT2D eigenvalue weighted by atomic mass is 10.1. The Hall–Kier alpha value is -1.79. The van der Waals surface area contributed by atoms with E-state index in [1.165, 1.54) is 18.5 Å². The van der Waals surface area contributed by atoms with Crippen LogP contribution >= 0.6 is 0 Å². The molecule has 2 aromatic rings. The average molecular weight is 251 g/mol. The van der Waals surface area contributed by atoms with Crippen molar-refractivity contribution in [2.75, 3.05) is 13.1 Å². The maximum absolute atomic E-state index is 12.7. The molecule has 5 nitrogen and oxygen atoms in total. The number of nitrogens with one attached hydrogen (secondary N) is 1. The first-order valence-corrected chi connectivity index (χ1v) is 5.65. The second-order valence-corrected chi connectivity index (χ2v) is 3.86. The maximum Gasteiger partial charge on any atom is 0.227 e. The molecule has 0 bridgehead atoms. The van der Waals surface area contributed by atoms with Crippen LogP contribution in [-0.4, -0.2) is 28.3 Å². The predicted molar refractivity (Wildman–Crippen MR) is 62.2 cm³/mol. The fraction of sp³-hybridized carbons (Fsp3) is 0.333. The summed E-state index contributed by atoms with van der Waals surface area (Å²) in [7, 11) is 0. The molecule has 0 saturated heterocycles. The van der Waals surface area contributed by atoms with Gasteiger partial charge in [-0.05, 0) is 17.7 Å². The highest BCUT2D eigenvalue weighted by Gasteiger charge is 2.07. The van der Waals surface area contributed by atoms with E-state index < -0.39 is 6.10 Å². The normalized spacial score (nSPS) is 12.6. The van der Waals surface area contributed by atoms with Crippen LogP contribution in [0.15, 0.2) is 35.1 Å². The highest BCUT2D eigenvalue weighted by molar-refractivity contribution is 5.18. The largest absolute Gasteiger partial charge is 0.387 e. The number of nitrogens with zero attached hydrogens (tertiary/aromatic N) is 2. The topological polar surface area (TPSA) is 71.2 Å². The van der Waals surface area contributed by atoms with E-state index in [0.29, 0.717) is 31.0 Å². The Morgan fingerprint density at radius 2 is 2.11 bits per heavy atom. The fourth-order valence-electron chi connectivity index (χ4n) is 1.54. The summed E-state index contributed by atoms with van der Waals surface area (Å²) in [5, 5.41) is 16.4. The van der Waals surface area contributed by atoms with Crippen LogP contribution < -0.4 is 5.32 Å². The first-order valence-electron chi connectivity index (χ1n) is 5.65. The van der Waals surface area contributed by atoms with Crippen LogP contribution in [0.5, 0.6) is 0 Å². The van der Waals surface area contributed by atoms with Gasteiger partial charge in [-0.25, -0.2) is 4.39 Å². The molecule has 1 aromatic heterocycles. The molecule has 0 fully saturated rings. The number of rotatable bonds is 6. The van der Waals surface area contributed by atoms with Gasteiger partial charge in [-0.1, -0.05) is 17.3 Å². The van der Waals surface area contributed by atoms with Gasteiger partial charge in [-0.2, -0.15) is 4.98 Å². The highest BCUT2D eigenvalue weighted by Crippen LogP contribution is 2.12. The lowest BCUT2D eigenvalue weighted by Crippen LogP contribution is -2.23. The Morgan fingerprint density at radius 3 is 2.78 bits per heavy atom. The van der Waals surface area contributed by atoms with Crippen molar-refractivity contribution >= 4 is 0 Å². The second kappa shape index (κ2) is 6.23. The summed E-state index contributed by atoms with van der Waals surface area (Å²) in [6.07, 6.45) is 1.30. The molecule has 2 rings (SSSR count). The number of benzene rings is 1. The Bertz CT molecular complexity index is 459. The molecule has 0 saturated carbocycles. The van der Waals surface area contributed by atoms with Crippen molar-refractivity contribution in [3.63, 3.8) is 0 Å². The van der Waals surface area contributed by atoms with Crippen molar-refractivity contribution < 1.29 is 14.0 Å². The zero-order valence-electron chi connectivity index (χ0n) is 9.71. The lowest BCUT2D eigenvalue weighted by Gasteiger charge is -2.11. The van der Waals surface area contributed by atoms with Crippen molar-refractivity contribution in [3.8, 4) is 0 Å². The van der Waals surface area contributed by atoms with Crippen molar-refractivity contribution in [2.45, 2.75) is 12.5 Å². The van der Waals surface area contributed by atoms with Crippen molar-refractivity contribution in [1.29, 1.82) is 0 Å². The Morgan fingerprint density at radius 1 is 1.33 bits per heavy atom. The third-order valence-corrected chi connectivity index (χ3v) is 2.52. The average Bonchev–Trinajstić information content (AvgIpc) is 2.88. The summed E-state index contributed by atoms with van der Waals surface area (Å²) in [5.41, 5.74) is 0.682. The minimum Gasteiger partial charge on any atom is -0.387 e. The van der Waals surface area contributed by atoms with E-state index in [4.69, 9.17) is 4.52 Å². The molecule has 0 spiro atoms. The van der Waals surface area contributed by atoms with E-state index in [9.17, 15) is 9.50 Å². The third-order valence-electron chi connectivity index (χ3n) is 2.52. The van der Waals surface area contributed by atoms with Crippen LogP contribution in [0.2, 0.25) is 0 Å². The molecule has 6 heteroatoms. The first kappa shape index (κ1) is 12.7. The SMILES string of the molecule is OC(CNCCc1ncno1)c1ccc(F)cc1. The van der Waals surface area contributed by atoms with Crippen molar-refractivity contribution in [2.24, 2.45) is 0 Å². The van der Waals surface area contributed by atoms with Gasteiger partial charge in [0.2, 0.25) is 5.89 Å². The molecule has 96 valence electrons. The van der Waals surface area contributed by atoms with E-state index in [0.717, 1.165) is 0 Å². The van der Waals surface area contributed by atoms with Crippen molar-refractivity contribution in [1.82, 2.24) is 15.5 Å². The second-order valence-electron chi connectivity index (χ2n) is 3.86. The molecule has 2 N–H and O–H groups in total. The van der Waals surface area contributed by atoms with Crippen LogP contribution in [0, 0.1) is 5.82 Å². The van der Waals surface area contributed by atoms with E-state index in [1.54, 1.807) is 12.1 Å². The van der Waals surface area contributed by atoms with Crippen LogP contribution in [0.3, 0.4) is 0 Å². The third kappa shape index (κ3) is 3.61. The number of aliphatic hydroxyl groups is 1. The van der Waals surface area contributed by atoms with Gasteiger partial charge in [0.05, 0.1) is 6.10 Å². The summed E-state index contributed by atoms with van der Waals surface area (Å²) in [6, 6.07) is 5.80. The molecule has 0 aliphatic rings. The van der Waals surface area contributed by atoms with E-state index in [2.05, 4.69) is 15.5 Å². The van der Waals surface area contributed by atoms with E-state index >= 15 is 0 Å². The van der Waals surface area contributed by atoms with Gasteiger partial charge in [-0.15, -0.1) is 0 Å². The zero-order chi connectivity index (χ0) is 12.8. The molecular formula is C12H14FN3O2. The van der Waals surface area contributed by atoms with Gasteiger partial charge < -0.3 is 14.9 Å². The quantitative estimate of drug-likeness (QED) is 0.751. The van der Waals surface area contributed by atoms with Gasteiger partial charge in [0.25, 0.3) is 0 Å². The van der Waals surface area contributed by atoms with E-state index in [-0.39, 0.29) is 5.82 Å². The summed E-state index contributed by atoms with van der Waals surface area (Å²) < 4.78 is 17.5. The van der Waals surface area contributed by atoms with Gasteiger partial charge in [-0.3, -0.25) is 0 Å². The van der Waals surface area contributed by atoms with Gasteiger partial charge in [0.15, 0.2) is 6.33 Å². The number of hydrogen-bond acceptors (Lipinski definition) is 5. The first-order chi connectivity index (χ1) is 8.75. The minimum atomic E-state index is -0.659. The molecule has 0 radical (unpaired) electrons. The van der Waals surface area contributed by atoms with Crippen LogP contribution in [0.25, 0.3) is 0 Å². The number of aliphatic hydroxyl groups excluding tert-OH is 1. The molecule has 1 aromatic carbocycles. The van der Waals surface area contributed by atoms with Gasteiger partial charge in [0, 0.05) is 19.5 Å². The lowest BCUT2D eigenvalue weighted by molar-refractivity contribution is 0.174. The Labute approximate surface area is 104 Å². The number of aromatic nitrogens is 2. The zero-order valence-corrected chi connectivity index (χ0v) is 9.71. The summed E-state index contributed by atoms with van der Waals surface area (Å²) in [5.74, 6) is 0.245. The van der Waals surface area contributed by atoms with Crippen LogP contribution in [0.4, 0.5) is 4.39 Å². The molecule has 1 atom stereocenters. The van der Waals surface area contributed by atoms with Gasteiger partial charge in [0.1, 0.15) is 5.82 Å². The smallest absolute Gasteiger partial charge is 0.227 e. The summed E-state index contributed by atoms with van der Waals surface area (Å²) in [4.78, 5) is 3.88. The molecule has 0 amide bonds. The fourth-order valence-corrected chi connectivity index (χ4v) is 1.54. The highest BCUT2D eigenvalue weighted by atomic mass is 19.1. The number of hydrogen-bond donors (Lipinski definition) is 2. The summed E-state index contributed by atoms with van der Waals surface area (Å²) in [6.45, 7) is 1.01. The number of halogens is 1. The molecule has 1 unspecified atom stereocenters. The Kier molecular flexibility index (Phi) is 4.38. The molecule has 0 aliphatic heterocycles. The van der Waals surface area contributed by atoms with Crippen molar-refractivity contribution in [3.05, 3.63) is 47.9 Å². The molecular weight excluding hydrogens is 237 g/mol. The van der Waals surface area contributed by atoms with Gasteiger partial charge >= 0.3 is 0 Å². The summed E-state index contributed by atoms with van der Waals surface area (Å²) >= 11 is 0. The van der Waals surface area contributed by atoms with Crippen LogP contribution in [0.1, 0.15) is 17.6 Å². The molecule has 18 heavy (non-hydrogen) atoms. The van der Waals surface area contributed by atoms with Crippen LogP contribution in [-0.2, 0) is 6.42 Å². The maximum atomic E-state index is 12.7. The minimum absolute atomic E-state index is 0.310. The Balaban J connectivity index is 1.71. The predicted octanol–water partition coefficient (Wildman–Crippen LogP) is 1.07.